The Bertz CT molecular complexity index is 312. The third-order valence-corrected chi connectivity index (χ3v) is 2.90. The predicted molar refractivity (Wildman–Crippen MR) is 51.2 cm³/mol. The van der Waals surface area contributed by atoms with Gasteiger partial charge < -0.3 is 10.1 Å². The molecule has 1 N–H and O–H groups in total. The van der Waals surface area contributed by atoms with Crippen LogP contribution in [0.5, 0.6) is 5.75 Å². The highest BCUT2D eigenvalue weighted by molar-refractivity contribution is 9.10. The Morgan fingerprint density at radius 1 is 1.33 bits per heavy atom. The summed E-state index contributed by atoms with van der Waals surface area (Å²) in [5, 5.41) is 3.29. The normalized spacial score (nSPS) is 14.5. The largest absolute Gasteiger partial charge is 0.496 e. The van der Waals surface area contributed by atoms with Gasteiger partial charge in [0.2, 0.25) is 0 Å². The SMILES string of the molecule is COc1ccc(Br)c2c1CNC2. The van der Waals surface area contributed by atoms with Gasteiger partial charge in [0.25, 0.3) is 0 Å². The molecule has 0 aliphatic carbocycles. The minimum atomic E-state index is 0.915. The maximum atomic E-state index is 5.25. The number of fused-ring (bicyclic) bond motifs is 1. The summed E-state index contributed by atoms with van der Waals surface area (Å²) in [5.74, 6) is 0.984. The van der Waals surface area contributed by atoms with E-state index in [1.165, 1.54) is 15.6 Å². The van der Waals surface area contributed by atoms with Gasteiger partial charge in [-0.2, -0.15) is 0 Å². The molecule has 0 bridgehead atoms. The van der Waals surface area contributed by atoms with Gasteiger partial charge in [-0.3, -0.25) is 0 Å². The van der Waals surface area contributed by atoms with Gasteiger partial charge in [0.05, 0.1) is 7.11 Å². The number of benzene rings is 1. The van der Waals surface area contributed by atoms with Crippen LogP contribution in [0.1, 0.15) is 11.1 Å². The molecule has 0 saturated heterocycles. The molecule has 64 valence electrons. The van der Waals surface area contributed by atoms with Gasteiger partial charge in [0.15, 0.2) is 0 Å². The van der Waals surface area contributed by atoms with Crippen molar-refractivity contribution in [1.82, 2.24) is 5.32 Å². The molecule has 3 heteroatoms. The van der Waals surface area contributed by atoms with Gasteiger partial charge in [-0.05, 0) is 17.7 Å². The monoisotopic (exact) mass is 227 g/mol. The van der Waals surface area contributed by atoms with E-state index in [2.05, 4.69) is 21.2 Å². The highest BCUT2D eigenvalue weighted by Crippen LogP contribution is 2.31. The second-order valence-corrected chi connectivity index (χ2v) is 3.66. The standard InChI is InChI=1S/C9H10BrNO/c1-12-9-3-2-8(10)6-4-11-5-7(6)9/h2-3,11H,4-5H2,1H3. The van der Waals surface area contributed by atoms with Crippen LogP contribution in [-0.4, -0.2) is 7.11 Å². The average molecular weight is 228 g/mol. The lowest BCUT2D eigenvalue weighted by atomic mass is 10.1. The second-order valence-electron chi connectivity index (χ2n) is 2.81. The van der Waals surface area contributed by atoms with Gasteiger partial charge in [-0.15, -0.1) is 0 Å². The Morgan fingerprint density at radius 2 is 2.08 bits per heavy atom. The first-order valence-electron chi connectivity index (χ1n) is 3.88. The van der Waals surface area contributed by atoms with Gasteiger partial charge >= 0.3 is 0 Å². The predicted octanol–water partition coefficient (Wildman–Crippen LogP) is 2.06. The Kier molecular flexibility index (Phi) is 2.07. The van der Waals surface area contributed by atoms with E-state index in [4.69, 9.17) is 4.74 Å². The summed E-state index contributed by atoms with van der Waals surface area (Å²) in [7, 11) is 1.71. The average Bonchev–Trinajstić information content (AvgIpc) is 2.54. The van der Waals surface area contributed by atoms with E-state index in [-0.39, 0.29) is 0 Å². The molecule has 0 radical (unpaired) electrons. The molecule has 1 aliphatic heterocycles. The molecule has 0 aromatic heterocycles. The molecular weight excluding hydrogens is 218 g/mol. The number of hydrogen-bond acceptors (Lipinski definition) is 2. The molecule has 12 heavy (non-hydrogen) atoms. The van der Waals surface area contributed by atoms with E-state index < -0.39 is 0 Å². The minimum Gasteiger partial charge on any atom is -0.496 e. The van der Waals surface area contributed by atoms with Gasteiger partial charge in [0.1, 0.15) is 5.75 Å². The van der Waals surface area contributed by atoms with Crippen molar-refractivity contribution in [1.29, 1.82) is 0 Å². The van der Waals surface area contributed by atoms with Crippen LogP contribution in [0.3, 0.4) is 0 Å². The Morgan fingerprint density at radius 3 is 2.83 bits per heavy atom. The zero-order valence-electron chi connectivity index (χ0n) is 6.86. The van der Waals surface area contributed by atoms with Crippen molar-refractivity contribution in [3.63, 3.8) is 0 Å². The van der Waals surface area contributed by atoms with Gasteiger partial charge in [-0.25, -0.2) is 0 Å². The molecule has 0 unspecified atom stereocenters. The Balaban J connectivity index is 2.57. The molecule has 0 spiro atoms. The first-order valence-corrected chi connectivity index (χ1v) is 4.67. The van der Waals surface area contributed by atoms with Crippen LogP contribution in [0.2, 0.25) is 0 Å². The lowest BCUT2D eigenvalue weighted by Gasteiger charge is -2.06. The van der Waals surface area contributed by atoms with Gasteiger partial charge in [-0.1, -0.05) is 15.9 Å². The van der Waals surface area contributed by atoms with Crippen LogP contribution < -0.4 is 10.1 Å². The minimum absolute atomic E-state index is 0.915. The molecule has 2 nitrogen and oxygen atoms in total. The number of nitrogens with one attached hydrogen (secondary N) is 1. The Hall–Kier alpha value is -0.540. The summed E-state index contributed by atoms with van der Waals surface area (Å²) in [6.45, 7) is 1.85. The van der Waals surface area contributed by atoms with E-state index in [0.717, 1.165) is 18.8 Å². The molecular formula is C9H10BrNO. The van der Waals surface area contributed by atoms with Crippen molar-refractivity contribution in [3.8, 4) is 5.75 Å². The summed E-state index contributed by atoms with van der Waals surface area (Å²) >= 11 is 3.52. The molecule has 0 saturated carbocycles. The highest BCUT2D eigenvalue weighted by Gasteiger charge is 2.16. The maximum Gasteiger partial charge on any atom is 0.123 e. The number of hydrogen-bond donors (Lipinski definition) is 1. The fourth-order valence-electron chi connectivity index (χ4n) is 1.53. The molecule has 1 aromatic carbocycles. The van der Waals surface area contributed by atoms with Crippen molar-refractivity contribution in [2.45, 2.75) is 13.1 Å². The van der Waals surface area contributed by atoms with Crippen LogP contribution in [0, 0.1) is 0 Å². The second kappa shape index (κ2) is 3.07. The third-order valence-electron chi connectivity index (χ3n) is 2.15. The van der Waals surface area contributed by atoms with Crippen molar-refractivity contribution in [2.24, 2.45) is 0 Å². The third kappa shape index (κ3) is 1.13. The van der Waals surface area contributed by atoms with Crippen LogP contribution in [0.15, 0.2) is 16.6 Å². The first kappa shape index (κ1) is 8.08. The van der Waals surface area contributed by atoms with Gasteiger partial charge in [0, 0.05) is 23.1 Å². The zero-order valence-corrected chi connectivity index (χ0v) is 8.44. The van der Waals surface area contributed by atoms with Crippen LogP contribution in [-0.2, 0) is 13.1 Å². The summed E-state index contributed by atoms with van der Waals surface area (Å²) in [6, 6.07) is 4.03. The molecule has 0 fully saturated rings. The number of ether oxygens (including phenoxy) is 1. The van der Waals surface area contributed by atoms with Crippen molar-refractivity contribution >= 4 is 15.9 Å². The molecule has 2 rings (SSSR count). The van der Waals surface area contributed by atoms with E-state index in [0.29, 0.717) is 0 Å². The van der Waals surface area contributed by atoms with Crippen molar-refractivity contribution < 1.29 is 4.74 Å². The molecule has 0 atom stereocenters. The Labute approximate surface area is 80.1 Å². The van der Waals surface area contributed by atoms with Crippen LogP contribution >= 0.6 is 15.9 Å². The highest BCUT2D eigenvalue weighted by atomic mass is 79.9. The smallest absolute Gasteiger partial charge is 0.123 e. The number of rotatable bonds is 1. The van der Waals surface area contributed by atoms with E-state index in [1.807, 2.05) is 12.1 Å². The van der Waals surface area contributed by atoms with E-state index in [1.54, 1.807) is 7.11 Å². The fraction of sp³-hybridized carbons (Fsp3) is 0.333. The molecule has 1 aromatic rings. The summed E-state index contributed by atoms with van der Waals surface area (Å²) < 4.78 is 6.42. The van der Waals surface area contributed by atoms with Crippen LogP contribution in [0.4, 0.5) is 0 Å². The topological polar surface area (TPSA) is 21.3 Å². The number of methoxy groups -OCH3 is 1. The van der Waals surface area contributed by atoms with E-state index >= 15 is 0 Å². The molecule has 1 heterocycles. The maximum absolute atomic E-state index is 5.25. The molecule has 1 aliphatic rings. The lowest BCUT2D eigenvalue weighted by molar-refractivity contribution is 0.410. The first-order chi connectivity index (χ1) is 5.83. The fourth-order valence-corrected chi connectivity index (χ4v) is 2.04. The van der Waals surface area contributed by atoms with E-state index in [9.17, 15) is 0 Å². The summed E-state index contributed by atoms with van der Waals surface area (Å²) in [4.78, 5) is 0. The van der Waals surface area contributed by atoms with Crippen molar-refractivity contribution in [3.05, 3.63) is 27.7 Å². The molecule has 0 amide bonds. The quantitative estimate of drug-likeness (QED) is 0.794. The zero-order chi connectivity index (χ0) is 8.55. The van der Waals surface area contributed by atoms with Crippen LogP contribution in [0.25, 0.3) is 0 Å². The summed E-state index contributed by atoms with van der Waals surface area (Å²) in [5.41, 5.74) is 2.61. The lowest BCUT2D eigenvalue weighted by Crippen LogP contribution is -2.00. The summed E-state index contributed by atoms with van der Waals surface area (Å²) in [6.07, 6.45) is 0. The van der Waals surface area contributed by atoms with Crippen molar-refractivity contribution in [2.75, 3.05) is 7.11 Å². The number of halogens is 1.